The lowest BCUT2D eigenvalue weighted by Crippen LogP contribution is -2.49. The molecule has 7 heteroatoms. The lowest BCUT2D eigenvalue weighted by molar-refractivity contribution is -0.0307. The van der Waals surface area contributed by atoms with E-state index < -0.39 is 27.5 Å². The number of rotatable bonds is 6. The number of fused-ring (bicyclic) bond motifs is 1. The molecule has 0 radical (unpaired) electrons. The molecule has 2 heterocycles. The molecule has 0 spiro atoms. The van der Waals surface area contributed by atoms with Crippen LogP contribution in [0.5, 0.6) is 11.5 Å². The van der Waals surface area contributed by atoms with Crippen molar-refractivity contribution < 1.29 is 27.0 Å². The van der Waals surface area contributed by atoms with E-state index in [1.54, 1.807) is 6.07 Å². The van der Waals surface area contributed by atoms with Gasteiger partial charge in [-0.15, -0.1) is 0 Å². The van der Waals surface area contributed by atoms with Crippen LogP contribution >= 0.6 is 0 Å². The molecule has 0 unspecified atom stereocenters. The fourth-order valence-electron chi connectivity index (χ4n) is 3.60. The monoisotopic (exact) mass is 330 g/mol. The maximum atomic E-state index is 12.9. The minimum atomic E-state index is -3.49. The summed E-state index contributed by atoms with van der Waals surface area (Å²) in [6, 6.07) is 4.53. The van der Waals surface area contributed by atoms with Gasteiger partial charge in [0.05, 0.1) is 37.1 Å². The van der Waals surface area contributed by atoms with E-state index in [4.69, 9.17) is 14.2 Å². The molecule has 2 aliphatic heterocycles. The molecular weight excluding hydrogens is 311 g/mol. The van der Waals surface area contributed by atoms with Crippen molar-refractivity contribution in [2.45, 2.75) is 23.3 Å². The van der Waals surface area contributed by atoms with Crippen LogP contribution in [-0.4, -0.2) is 47.3 Å². The van der Waals surface area contributed by atoms with Crippen molar-refractivity contribution >= 4 is 9.84 Å². The van der Waals surface area contributed by atoms with Gasteiger partial charge < -0.3 is 14.2 Å². The van der Waals surface area contributed by atoms with E-state index in [-0.39, 0.29) is 10.6 Å². The molecule has 22 heavy (non-hydrogen) atoms. The third kappa shape index (κ3) is 2.36. The van der Waals surface area contributed by atoms with Crippen LogP contribution < -0.4 is 9.47 Å². The zero-order chi connectivity index (χ0) is 16.0. The van der Waals surface area contributed by atoms with Crippen molar-refractivity contribution in [2.24, 2.45) is 5.41 Å². The van der Waals surface area contributed by atoms with Crippen LogP contribution in [0.4, 0.5) is 4.39 Å². The van der Waals surface area contributed by atoms with Gasteiger partial charge in [-0.1, -0.05) is 0 Å². The van der Waals surface area contributed by atoms with Crippen molar-refractivity contribution in [1.29, 1.82) is 0 Å². The van der Waals surface area contributed by atoms with Crippen LogP contribution in [-0.2, 0) is 14.6 Å². The summed E-state index contributed by atoms with van der Waals surface area (Å²) in [7, 11) is -0.545. The number of halogens is 1. The van der Waals surface area contributed by atoms with Gasteiger partial charge in [0.25, 0.3) is 0 Å². The minimum absolute atomic E-state index is 0.0305. The van der Waals surface area contributed by atoms with Gasteiger partial charge in [-0.05, 0) is 25.0 Å². The van der Waals surface area contributed by atoms with Crippen molar-refractivity contribution in [3.63, 3.8) is 0 Å². The van der Waals surface area contributed by atoms with Gasteiger partial charge in [-0.2, -0.15) is 0 Å². The van der Waals surface area contributed by atoms with E-state index in [0.29, 0.717) is 30.9 Å². The molecule has 4 rings (SSSR count). The Morgan fingerprint density at radius 3 is 2.45 bits per heavy atom. The van der Waals surface area contributed by atoms with Crippen LogP contribution in [0.15, 0.2) is 23.1 Å². The molecule has 1 aliphatic carbocycles. The number of methoxy groups -OCH3 is 2. The van der Waals surface area contributed by atoms with Crippen LogP contribution in [0.3, 0.4) is 0 Å². The lowest BCUT2D eigenvalue weighted by atomic mass is 9.64. The normalized spacial score (nSPS) is 30.0. The maximum Gasteiger partial charge on any atom is 0.179 e. The van der Waals surface area contributed by atoms with Gasteiger partial charge >= 0.3 is 0 Å². The van der Waals surface area contributed by atoms with E-state index in [1.165, 1.54) is 26.4 Å². The molecule has 0 N–H and O–H groups in total. The minimum Gasteiger partial charge on any atom is -0.493 e. The highest BCUT2D eigenvalue weighted by atomic mass is 32.2. The van der Waals surface area contributed by atoms with E-state index in [9.17, 15) is 12.8 Å². The third-order valence-electron chi connectivity index (χ3n) is 4.53. The van der Waals surface area contributed by atoms with Gasteiger partial charge in [0.2, 0.25) is 0 Å². The van der Waals surface area contributed by atoms with E-state index in [2.05, 4.69) is 0 Å². The van der Waals surface area contributed by atoms with E-state index in [1.807, 2.05) is 0 Å². The SMILES string of the molecule is COc1ccc(S(=O)(=O)CC23COC(CF)(C2)C3)cc1OC. The zero-order valence-electron chi connectivity index (χ0n) is 12.6. The van der Waals surface area contributed by atoms with Crippen molar-refractivity contribution in [1.82, 2.24) is 0 Å². The molecule has 0 amide bonds. The highest BCUT2D eigenvalue weighted by Gasteiger charge is 2.63. The van der Waals surface area contributed by atoms with Gasteiger partial charge in [-0.25, -0.2) is 12.8 Å². The number of alkyl halides is 1. The first kappa shape index (κ1) is 15.6. The second-order valence-corrected chi connectivity index (χ2v) is 8.22. The molecule has 2 saturated heterocycles. The van der Waals surface area contributed by atoms with Crippen LogP contribution in [0, 0.1) is 5.41 Å². The number of ether oxygens (including phenoxy) is 3. The van der Waals surface area contributed by atoms with Crippen molar-refractivity contribution in [2.75, 3.05) is 33.3 Å². The number of hydrogen-bond acceptors (Lipinski definition) is 5. The second-order valence-electron chi connectivity index (χ2n) is 6.23. The fourth-order valence-corrected chi connectivity index (χ4v) is 5.42. The molecular formula is C15H19FO5S. The van der Waals surface area contributed by atoms with E-state index >= 15 is 0 Å². The van der Waals surface area contributed by atoms with Crippen LogP contribution in [0.25, 0.3) is 0 Å². The first-order valence-corrected chi connectivity index (χ1v) is 8.68. The summed E-state index contributed by atoms with van der Waals surface area (Å²) >= 11 is 0. The summed E-state index contributed by atoms with van der Waals surface area (Å²) in [6.45, 7) is -0.241. The Balaban J connectivity index is 1.83. The first-order chi connectivity index (χ1) is 10.4. The Labute approximate surface area is 129 Å². The van der Waals surface area contributed by atoms with E-state index in [0.717, 1.165) is 0 Å². The van der Waals surface area contributed by atoms with Gasteiger partial charge in [0.1, 0.15) is 6.67 Å². The van der Waals surface area contributed by atoms with Crippen molar-refractivity contribution in [3.05, 3.63) is 18.2 Å². The average Bonchev–Trinajstić information content (AvgIpc) is 3.01. The predicted molar refractivity (Wildman–Crippen MR) is 77.9 cm³/mol. The number of hydrogen-bond donors (Lipinski definition) is 0. The molecule has 2 bridgehead atoms. The Morgan fingerprint density at radius 2 is 1.91 bits per heavy atom. The predicted octanol–water partition coefficient (Wildman–Crippen LogP) is 2.00. The van der Waals surface area contributed by atoms with Gasteiger partial charge in [0.15, 0.2) is 21.3 Å². The van der Waals surface area contributed by atoms with Gasteiger partial charge in [0, 0.05) is 11.5 Å². The Morgan fingerprint density at radius 1 is 1.23 bits per heavy atom. The maximum absolute atomic E-state index is 12.9. The Kier molecular flexibility index (Phi) is 3.60. The number of benzene rings is 1. The lowest BCUT2D eigenvalue weighted by Gasteiger charge is -2.42. The second kappa shape index (κ2) is 5.09. The summed E-state index contributed by atoms with van der Waals surface area (Å²) in [5, 5.41) is 0. The highest BCUT2D eigenvalue weighted by Crippen LogP contribution is 2.58. The molecule has 3 fully saturated rings. The summed E-state index contributed by atoms with van der Waals surface area (Å²) < 4.78 is 53.9. The number of sulfone groups is 1. The third-order valence-corrected chi connectivity index (χ3v) is 6.50. The summed E-state index contributed by atoms with van der Waals surface area (Å²) in [5.74, 6) is 0.816. The molecule has 3 aliphatic rings. The molecule has 0 aromatic heterocycles. The Bertz CT molecular complexity index is 679. The molecule has 5 nitrogen and oxygen atoms in total. The van der Waals surface area contributed by atoms with Crippen LogP contribution in [0.2, 0.25) is 0 Å². The summed E-state index contributed by atoms with van der Waals surface area (Å²) in [4.78, 5) is 0.184. The fraction of sp³-hybridized carbons (Fsp3) is 0.600. The Hall–Kier alpha value is -1.34. The quantitative estimate of drug-likeness (QED) is 0.798. The molecule has 122 valence electrons. The zero-order valence-corrected chi connectivity index (χ0v) is 13.4. The topological polar surface area (TPSA) is 61.8 Å². The molecule has 1 saturated carbocycles. The highest BCUT2D eigenvalue weighted by molar-refractivity contribution is 7.91. The molecule has 1 aromatic rings. The summed E-state index contributed by atoms with van der Waals surface area (Å²) in [6.07, 6.45) is 0.950. The molecule has 0 atom stereocenters. The summed E-state index contributed by atoms with van der Waals surface area (Å²) in [5.41, 5.74) is -1.18. The standard InChI is InChI=1S/C15H19FO5S/c1-19-12-4-3-11(5-13(12)20-2)22(17,18)10-14-6-15(7-14,8-16)21-9-14/h3-5H,6-10H2,1-2H3. The smallest absolute Gasteiger partial charge is 0.179 e. The largest absolute Gasteiger partial charge is 0.493 e. The van der Waals surface area contributed by atoms with Crippen LogP contribution in [0.1, 0.15) is 12.8 Å². The average molecular weight is 330 g/mol. The van der Waals surface area contributed by atoms with Crippen molar-refractivity contribution in [3.8, 4) is 11.5 Å². The first-order valence-electron chi connectivity index (χ1n) is 7.02. The van der Waals surface area contributed by atoms with Gasteiger partial charge in [-0.3, -0.25) is 0 Å². The molecule has 1 aromatic carbocycles.